The molecule has 0 radical (unpaired) electrons. The molecule has 0 atom stereocenters. The molecule has 0 aliphatic carbocycles. The standard InChI is InChI=1S/C9H10ClNO3/c1-13-7-4-5(9(12)14-2)3-6(10)8(7)11/h3-4H,11H2,1-2H3. The second kappa shape index (κ2) is 4.19. The van der Waals surface area contributed by atoms with Crippen molar-refractivity contribution in [3.63, 3.8) is 0 Å². The van der Waals surface area contributed by atoms with Gasteiger partial charge in [-0.05, 0) is 12.1 Å². The van der Waals surface area contributed by atoms with Crippen molar-refractivity contribution in [1.82, 2.24) is 0 Å². The van der Waals surface area contributed by atoms with Gasteiger partial charge in [0.15, 0.2) is 0 Å². The average Bonchev–Trinajstić information content (AvgIpc) is 2.20. The van der Waals surface area contributed by atoms with Crippen molar-refractivity contribution in [2.45, 2.75) is 0 Å². The number of carbonyl (C=O) groups is 1. The number of hydrogen-bond acceptors (Lipinski definition) is 4. The topological polar surface area (TPSA) is 61.5 Å². The van der Waals surface area contributed by atoms with E-state index in [1.54, 1.807) is 0 Å². The first kappa shape index (κ1) is 10.7. The molecule has 1 aromatic rings. The fourth-order valence-corrected chi connectivity index (χ4v) is 1.21. The summed E-state index contributed by atoms with van der Waals surface area (Å²) in [5.74, 6) is -0.122. The van der Waals surface area contributed by atoms with Gasteiger partial charge >= 0.3 is 5.97 Å². The highest BCUT2D eigenvalue weighted by atomic mass is 35.5. The van der Waals surface area contributed by atoms with Crippen molar-refractivity contribution >= 4 is 23.3 Å². The van der Waals surface area contributed by atoms with Crippen LogP contribution in [0, 0.1) is 0 Å². The van der Waals surface area contributed by atoms with Crippen molar-refractivity contribution in [2.75, 3.05) is 20.0 Å². The van der Waals surface area contributed by atoms with Gasteiger partial charge in [-0.15, -0.1) is 0 Å². The maximum Gasteiger partial charge on any atom is 0.338 e. The minimum atomic E-state index is -0.481. The predicted molar refractivity (Wildman–Crippen MR) is 53.8 cm³/mol. The molecule has 0 amide bonds. The van der Waals surface area contributed by atoms with E-state index in [4.69, 9.17) is 22.1 Å². The largest absolute Gasteiger partial charge is 0.495 e. The molecular weight excluding hydrogens is 206 g/mol. The van der Waals surface area contributed by atoms with Crippen LogP contribution in [0.3, 0.4) is 0 Å². The van der Waals surface area contributed by atoms with E-state index in [1.807, 2.05) is 0 Å². The quantitative estimate of drug-likeness (QED) is 0.603. The van der Waals surface area contributed by atoms with E-state index in [9.17, 15) is 4.79 Å². The van der Waals surface area contributed by atoms with Gasteiger partial charge in [0.2, 0.25) is 0 Å². The van der Waals surface area contributed by atoms with Crippen molar-refractivity contribution in [3.05, 3.63) is 22.7 Å². The highest BCUT2D eigenvalue weighted by Crippen LogP contribution is 2.30. The zero-order valence-electron chi connectivity index (χ0n) is 7.83. The minimum absolute atomic E-state index is 0.268. The number of ether oxygens (including phenoxy) is 2. The van der Waals surface area contributed by atoms with Crippen LogP contribution < -0.4 is 10.5 Å². The van der Waals surface area contributed by atoms with Gasteiger partial charge in [0.05, 0.1) is 30.5 Å². The van der Waals surface area contributed by atoms with E-state index in [0.29, 0.717) is 17.0 Å². The zero-order valence-corrected chi connectivity index (χ0v) is 8.59. The van der Waals surface area contributed by atoms with Crippen LogP contribution in [0.2, 0.25) is 5.02 Å². The lowest BCUT2D eigenvalue weighted by Gasteiger charge is -2.08. The molecule has 76 valence electrons. The Labute approximate surface area is 86.6 Å². The molecule has 5 heteroatoms. The van der Waals surface area contributed by atoms with Gasteiger partial charge in [0.1, 0.15) is 5.75 Å². The first-order valence-electron chi connectivity index (χ1n) is 3.81. The molecule has 0 bridgehead atoms. The number of nitrogen functional groups attached to an aromatic ring is 1. The number of benzene rings is 1. The lowest BCUT2D eigenvalue weighted by atomic mass is 10.2. The number of halogens is 1. The molecule has 0 aliphatic heterocycles. The summed E-state index contributed by atoms with van der Waals surface area (Å²) in [6, 6.07) is 2.91. The lowest BCUT2D eigenvalue weighted by molar-refractivity contribution is 0.0600. The van der Waals surface area contributed by atoms with E-state index in [-0.39, 0.29) is 5.02 Å². The van der Waals surface area contributed by atoms with Crippen molar-refractivity contribution in [2.24, 2.45) is 0 Å². The van der Waals surface area contributed by atoms with Gasteiger partial charge in [-0.1, -0.05) is 11.6 Å². The highest BCUT2D eigenvalue weighted by Gasteiger charge is 2.12. The summed E-state index contributed by atoms with van der Waals surface area (Å²) in [7, 11) is 2.74. The molecule has 0 heterocycles. The molecule has 1 aromatic carbocycles. The number of esters is 1. The Morgan fingerprint density at radius 1 is 1.43 bits per heavy atom. The van der Waals surface area contributed by atoms with E-state index in [2.05, 4.69) is 4.74 Å². The zero-order chi connectivity index (χ0) is 10.7. The van der Waals surface area contributed by atoms with Crippen LogP contribution in [0.5, 0.6) is 5.75 Å². The summed E-state index contributed by atoms with van der Waals surface area (Å²) in [5, 5.41) is 0.268. The maximum absolute atomic E-state index is 11.2. The van der Waals surface area contributed by atoms with Gasteiger partial charge in [-0.2, -0.15) is 0 Å². The molecule has 0 spiro atoms. The van der Waals surface area contributed by atoms with E-state index >= 15 is 0 Å². The van der Waals surface area contributed by atoms with Crippen LogP contribution in [-0.2, 0) is 4.74 Å². The fraction of sp³-hybridized carbons (Fsp3) is 0.222. The first-order chi connectivity index (χ1) is 6.60. The molecule has 4 nitrogen and oxygen atoms in total. The third-order valence-electron chi connectivity index (χ3n) is 1.73. The Kier molecular flexibility index (Phi) is 3.19. The van der Waals surface area contributed by atoms with Crippen LogP contribution in [0.15, 0.2) is 12.1 Å². The fourth-order valence-electron chi connectivity index (χ4n) is 0.997. The van der Waals surface area contributed by atoms with Crippen LogP contribution in [0.4, 0.5) is 5.69 Å². The molecular formula is C9H10ClNO3. The van der Waals surface area contributed by atoms with Gasteiger partial charge < -0.3 is 15.2 Å². The molecule has 0 saturated heterocycles. The first-order valence-corrected chi connectivity index (χ1v) is 4.19. The number of methoxy groups -OCH3 is 2. The molecule has 0 aromatic heterocycles. The van der Waals surface area contributed by atoms with Crippen LogP contribution in [0.25, 0.3) is 0 Å². The normalized spacial score (nSPS) is 9.64. The van der Waals surface area contributed by atoms with Crippen molar-refractivity contribution in [1.29, 1.82) is 0 Å². The Balaban J connectivity index is 3.22. The predicted octanol–water partition coefficient (Wildman–Crippen LogP) is 1.72. The second-order valence-corrected chi connectivity index (χ2v) is 2.97. The minimum Gasteiger partial charge on any atom is -0.495 e. The molecule has 14 heavy (non-hydrogen) atoms. The molecule has 0 aliphatic rings. The SMILES string of the molecule is COC(=O)c1cc(Cl)c(N)c(OC)c1. The number of anilines is 1. The summed E-state index contributed by atoms with van der Waals surface area (Å²) in [5.41, 5.74) is 6.21. The Morgan fingerprint density at radius 2 is 2.07 bits per heavy atom. The third kappa shape index (κ3) is 1.90. The van der Waals surface area contributed by atoms with Crippen molar-refractivity contribution in [3.8, 4) is 5.75 Å². The van der Waals surface area contributed by atoms with Gasteiger partial charge in [-0.3, -0.25) is 0 Å². The van der Waals surface area contributed by atoms with Gasteiger partial charge in [0.25, 0.3) is 0 Å². The van der Waals surface area contributed by atoms with Gasteiger partial charge in [-0.25, -0.2) is 4.79 Å². The van der Waals surface area contributed by atoms with E-state index < -0.39 is 5.97 Å². The highest BCUT2D eigenvalue weighted by molar-refractivity contribution is 6.33. The second-order valence-electron chi connectivity index (χ2n) is 2.57. The van der Waals surface area contributed by atoms with Crippen molar-refractivity contribution < 1.29 is 14.3 Å². The summed E-state index contributed by atoms with van der Waals surface area (Å²) in [6.07, 6.45) is 0. The van der Waals surface area contributed by atoms with Crippen LogP contribution in [0.1, 0.15) is 10.4 Å². The smallest absolute Gasteiger partial charge is 0.338 e. The summed E-state index contributed by atoms with van der Waals surface area (Å²) >= 11 is 5.79. The Bertz CT molecular complexity index is 365. The number of nitrogens with two attached hydrogens (primary N) is 1. The summed E-state index contributed by atoms with van der Waals surface area (Å²) in [4.78, 5) is 11.2. The average molecular weight is 216 g/mol. The summed E-state index contributed by atoms with van der Waals surface area (Å²) < 4.78 is 9.48. The maximum atomic E-state index is 11.2. The molecule has 2 N–H and O–H groups in total. The summed E-state index contributed by atoms with van der Waals surface area (Å²) in [6.45, 7) is 0. The molecule has 0 saturated carbocycles. The monoisotopic (exact) mass is 215 g/mol. The number of rotatable bonds is 2. The Morgan fingerprint density at radius 3 is 2.57 bits per heavy atom. The van der Waals surface area contributed by atoms with Crippen LogP contribution in [-0.4, -0.2) is 20.2 Å². The van der Waals surface area contributed by atoms with E-state index in [1.165, 1.54) is 26.4 Å². The van der Waals surface area contributed by atoms with Gasteiger partial charge in [0, 0.05) is 0 Å². The molecule has 1 rings (SSSR count). The van der Waals surface area contributed by atoms with E-state index in [0.717, 1.165) is 0 Å². The Hall–Kier alpha value is -1.42. The molecule has 0 fully saturated rings. The number of carbonyl (C=O) groups excluding carboxylic acids is 1. The molecule has 0 unspecified atom stereocenters. The third-order valence-corrected chi connectivity index (χ3v) is 2.05. The number of hydrogen-bond donors (Lipinski definition) is 1. The van der Waals surface area contributed by atoms with Crippen LogP contribution >= 0.6 is 11.6 Å². The lowest BCUT2D eigenvalue weighted by Crippen LogP contribution is -2.03.